The number of benzene rings is 2. The smallest absolute Gasteiger partial charge is 0.0516 e. The van der Waals surface area contributed by atoms with Gasteiger partial charge < -0.3 is 5.32 Å². The van der Waals surface area contributed by atoms with Crippen molar-refractivity contribution in [3.63, 3.8) is 0 Å². The molecule has 1 aliphatic carbocycles. The summed E-state index contributed by atoms with van der Waals surface area (Å²) in [5.74, 6) is 0. The number of rotatable bonds is 3. The minimum Gasteiger partial charge on any atom is -0.378 e. The minimum atomic E-state index is 0.453. The quantitative estimate of drug-likeness (QED) is 0.607. The predicted molar refractivity (Wildman–Crippen MR) is 88.6 cm³/mol. The highest BCUT2D eigenvalue weighted by molar-refractivity contribution is 7.98. The number of fused-ring (bicyclic) bond motifs is 1. The number of thioether (sulfide) groups is 1. The van der Waals surface area contributed by atoms with E-state index in [4.69, 9.17) is 0 Å². The Kier molecular flexibility index (Phi) is 4.31. The van der Waals surface area contributed by atoms with Gasteiger partial charge in [-0.3, -0.25) is 0 Å². The Bertz CT molecular complexity index is 562. The van der Waals surface area contributed by atoms with Crippen LogP contribution < -0.4 is 5.32 Å². The number of nitrogens with one attached hydrogen (secondary N) is 1. The number of hydrogen-bond acceptors (Lipinski definition) is 2. The maximum absolute atomic E-state index is 3.72. The topological polar surface area (TPSA) is 12.0 Å². The molecule has 0 saturated carbocycles. The van der Waals surface area contributed by atoms with Crippen LogP contribution in [0.4, 0.5) is 5.69 Å². The Balaban J connectivity index is 1.82. The van der Waals surface area contributed by atoms with Gasteiger partial charge in [0.2, 0.25) is 0 Å². The highest BCUT2D eigenvalue weighted by atomic mass is 32.2. The van der Waals surface area contributed by atoms with Crippen LogP contribution in [-0.4, -0.2) is 6.26 Å². The van der Waals surface area contributed by atoms with Gasteiger partial charge in [-0.1, -0.05) is 30.7 Å². The second-order valence-corrected chi connectivity index (χ2v) is 6.25. The molecule has 2 aromatic carbocycles. The first-order valence-corrected chi connectivity index (χ1v) is 8.57. The van der Waals surface area contributed by atoms with E-state index in [9.17, 15) is 0 Å². The van der Waals surface area contributed by atoms with E-state index < -0.39 is 0 Å². The van der Waals surface area contributed by atoms with Gasteiger partial charge in [0.25, 0.3) is 0 Å². The lowest BCUT2D eigenvalue weighted by Crippen LogP contribution is -2.11. The summed E-state index contributed by atoms with van der Waals surface area (Å²) in [7, 11) is 0. The van der Waals surface area contributed by atoms with E-state index in [-0.39, 0.29) is 0 Å². The van der Waals surface area contributed by atoms with Crippen molar-refractivity contribution in [2.45, 2.75) is 36.6 Å². The largest absolute Gasteiger partial charge is 0.378 e. The first-order chi connectivity index (χ1) is 9.86. The van der Waals surface area contributed by atoms with Gasteiger partial charge in [0, 0.05) is 10.6 Å². The molecule has 1 N–H and O–H groups in total. The van der Waals surface area contributed by atoms with Crippen molar-refractivity contribution in [1.82, 2.24) is 0 Å². The first kappa shape index (κ1) is 13.6. The van der Waals surface area contributed by atoms with E-state index in [1.54, 1.807) is 11.8 Å². The molecule has 1 unspecified atom stereocenters. The molecule has 0 saturated heterocycles. The van der Waals surface area contributed by atoms with Crippen LogP contribution in [0.25, 0.3) is 0 Å². The zero-order valence-electron chi connectivity index (χ0n) is 11.9. The van der Waals surface area contributed by atoms with Crippen molar-refractivity contribution in [2.24, 2.45) is 0 Å². The van der Waals surface area contributed by atoms with E-state index in [1.807, 2.05) is 0 Å². The van der Waals surface area contributed by atoms with E-state index in [1.165, 1.54) is 47.4 Å². The van der Waals surface area contributed by atoms with Gasteiger partial charge in [-0.2, -0.15) is 0 Å². The molecule has 0 bridgehead atoms. The van der Waals surface area contributed by atoms with Crippen molar-refractivity contribution in [2.75, 3.05) is 11.6 Å². The highest BCUT2D eigenvalue weighted by Crippen LogP contribution is 2.31. The van der Waals surface area contributed by atoms with Crippen molar-refractivity contribution >= 4 is 17.4 Å². The third-order valence-electron chi connectivity index (χ3n) is 4.05. The third kappa shape index (κ3) is 3.01. The molecule has 0 aliphatic heterocycles. The SMILES string of the molecule is CSc1ccc(NC2CCCCc3ccccc32)cc1. The van der Waals surface area contributed by atoms with Gasteiger partial charge in [-0.15, -0.1) is 11.8 Å². The van der Waals surface area contributed by atoms with Crippen molar-refractivity contribution in [3.05, 3.63) is 59.7 Å². The number of hydrogen-bond donors (Lipinski definition) is 1. The molecule has 2 heteroatoms. The normalized spacial score (nSPS) is 18.1. The van der Waals surface area contributed by atoms with Crippen molar-refractivity contribution < 1.29 is 0 Å². The third-order valence-corrected chi connectivity index (χ3v) is 4.79. The molecule has 0 heterocycles. The van der Waals surface area contributed by atoms with Gasteiger partial charge in [0.05, 0.1) is 6.04 Å². The second kappa shape index (κ2) is 6.36. The van der Waals surface area contributed by atoms with Gasteiger partial charge in [-0.25, -0.2) is 0 Å². The zero-order chi connectivity index (χ0) is 13.8. The molecule has 1 aliphatic rings. The standard InChI is InChI=1S/C18H21NS/c1-20-16-12-10-15(11-13-16)19-18-9-5-3-7-14-6-2-4-8-17(14)18/h2,4,6,8,10-13,18-19H,3,5,7,9H2,1H3. The lowest BCUT2D eigenvalue weighted by atomic mass is 9.99. The summed E-state index contributed by atoms with van der Waals surface area (Å²) in [5, 5.41) is 3.72. The van der Waals surface area contributed by atoms with Crippen molar-refractivity contribution in [3.8, 4) is 0 Å². The molecular weight excluding hydrogens is 262 g/mol. The Morgan fingerprint density at radius 1 is 1.00 bits per heavy atom. The molecule has 0 fully saturated rings. The van der Waals surface area contributed by atoms with E-state index in [0.717, 1.165) is 0 Å². The Morgan fingerprint density at radius 3 is 2.60 bits per heavy atom. The maximum atomic E-state index is 3.72. The van der Waals surface area contributed by atoms with Gasteiger partial charge in [0.1, 0.15) is 0 Å². The molecule has 3 rings (SSSR count). The van der Waals surface area contributed by atoms with Crippen LogP contribution in [-0.2, 0) is 6.42 Å². The lowest BCUT2D eigenvalue weighted by molar-refractivity contribution is 0.644. The molecule has 1 nitrogen and oxygen atoms in total. The Labute approximate surface area is 125 Å². The van der Waals surface area contributed by atoms with Crippen LogP contribution >= 0.6 is 11.8 Å². The van der Waals surface area contributed by atoms with Crippen LogP contribution in [0.1, 0.15) is 36.4 Å². The summed E-state index contributed by atoms with van der Waals surface area (Å²) < 4.78 is 0. The van der Waals surface area contributed by atoms with Gasteiger partial charge in [0.15, 0.2) is 0 Å². The van der Waals surface area contributed by atoms with Crippen LogP contribution in [0.2, 0.25) is 0 Å². The molecule has 0 radical (unpaired) electrons. The number of aryl methyl sites for hydroxylation is 1. The van der Waals surface area contributed by atoms with E-state index in [0.29, 0.717) is 6.04 Å². The summed E-state index contributed by atoms with van der Waals surface area (Å²) in [4.78, 5) is 1.32. The Morgan fingerprint density at radius 2 is 1.80 bits per heavy atom. The zero-order valence-corrected chi connectivity index (χ0v) is 12.7. The average molecular weight is 283 g/mol. The van der Waals surface area contributed by atoms with Gasteiger partial charge >= 0.3 is 0 Å². The fourth-order valence-corrected chi connectivity index (χ4v) is 3.37. The predicted octanol–water partition coefficient (Wildman–Crippen LogP) is 5.29. The molecule has 0 aromatic heterocycles. The van der Waals surface area contributed by atoms with Gasteiger partial charge in [-0.05, 0) is 60.9 Å². The maximum Gasteiger partial charge on any atom is 0.0516 e. The lowest BCUT2D eigenvalue weighted by Gasteiger charge is -2.20. The monoisotopic (exact) mass is 283 g/mol. The molecule has 0 spiro atoms. The highest BCUT2D eigenvalue weighted by Gasteiger charge is 2.17. The average Bonchev–Trinajstić information content (AvgIpc) is 2.71. The summed E-state index contributed by atoms with van der Waals surface area (Å²) in [5.41, 5.74) is 4.23. The van der Waals surface area contributed by atoms with Crippen LogP contribution in [0.5, 0.6) is 0 Å². The van der Waals surface area contributed by atoms with Crippen LogP contribution in [0.3, 0.4) is 0 Å². The minimum absolute atomic E-state index is 0.453. The molecule has 20 heavy (non-hydrogen) atoms. The van der Waals surface area contributed by atoms with Crippen LogP contribution in [0, 0.1) is 0 Å². The summed E-state index contributed by atoms with van der Waals surface area (Å²) in [6.07, 6.45) is 7.17. The molecule has 1 atom stereocenters. The fraction of sp³-hybridized carbons (Fsp3) is 0.333. The fourth-order valence-electron chi connectivity index (χ4n) is 2.96. The van der Waals surface area contributed by atoms with Crippen molar-refractivity contribution in [1.29, 1.82) is 0 Å². The Hall–Kier alpha value is -1.41. The molecule has 104 valence electrons. The summed E-state index contributed by atoms with van der Waals surface area (Å²) in [6.45, 7) is 0. The first-order valence-electron chi connectivity index (χ1n) is 7.35. The molecule has 2 aromatic rings. The number of anilines is 1. The van der Waals surface area contributed by atoms with E-state index in [2.05, 4.69) is 60.1 Å². The molecular formula is C18H21NS. The molecule has 0 amide bonds. The summed E-state index contributed by atoms with van der Waals surface area (Å²) >= 11 is 1.79. The van der Waals surface area contributed by atoms with Crippen LogP contribution in [0.15, 0.2) is 53.4 Å². The second-order valence-electron chi connectivity index (χ2n) is 5.37. The summed E-state index contributed by atoms with van der Waals surface area (Å²) in [6, 6.07) is 18.1. The van der Waals surface area contributed by atoms with E-state index >= 15 is 0 Å².